The minimum atomic E-state index is -5.08. The number of aliphatic carboxylic acids is 1. The Morgan fingerprint density at radius 1 is 1.22 bits per heavy atom. The van der Waals surface area contributed by atoms with Crippen LogP contribution in [0.15, 0.2) is 6.20 Å². The van der Waals surface area contributed by atoms with Gasteiger partial charge in [0.2, 0.25) is 5.91 Å². The van der Waals surface area contributed by atoms with E-state index >= 15 is 0 Å². The van der Waals surface area contributed by atoms with Crippen LogP contribution in [0.4, 0.5) is 13.2 Å². The number of carbonyl (C=O) groups excluding carboxylic acids is 1. The van der Waals surface area contributed by atoms with E-state index in [1.807, 2.05) is 9.58 Å². The van der Waals surface area contributed by atoms with Crippen molar-refractivity contribution in [2.75, 3.05) is 13.1 Å². The zero-order valence-electron chi connectivity index (χ0n) is 18.7. The van der Waals surface area contributed by atoms with Gasteiger partial charge in [-0.25, -0.2) is 4.79 Å². The summed E-state index contributed by atoms with van der Waals surface area (Å²) in [6.07, 6.45) is 5.22. The van der Waals surface area contributed by atoms with Crippen molar-refractivity contribution < 1.29 is 27.9 Å². The Morgan fingerprint density at radius 3 is 2.28 bits per heavy atom. The lowest BCUT2D eigenvalue weighted by atomic mass is 9.94. The summed E-state index contributed by atoms with van der Waals surface area (Å²) in [7, 11) is 0. The molecule has 0 bridgehead atoms. The molecule has 1 aromatic heterocycles. The molecule has 2 heterocycles. The van der Waals surface area contributed by atoms with Gasteiger partial charge in [-0.15, -0.1) is 5.10 Å². The van der Waals surface area contributed by atoms with Crippen LogP contribution in [0.3, 0.4) is 0 Å². The molecule has 1 saturated carbocycles. The van der Waals surface area contributed by atoms with Crippen LogP contribution in [0.25, 0.3) is 0 Å². The summed E-state index contributed by atoms with van der Waals surface area (Å²) in [6.45, 7) is 6.69. The molecule has 32 heavy (non-hydrogen) atoms. The number of amides is 1. The van der Waals surface area contributed by atoms with Crippen molar-refractivity contribution in [2.24, 2.45) is 17.6 Å². The molecule has 1 amide bonds. The number of alkyl halides is 3. The molecule has 182 valence electrons. The normalized spacial score (nSPS) is 19.9. The third-order valence-electron chi connectivity index (χ3n) is 6.49. The van der Waals surface area contributed by atoms with E-state index in [2.05, 4.69) is 30.4 Å². The van der Waals surface area contributed by atoms with Gasteiger partial charge in [-0.3, -0.25) is 9.48 Å². The summed E-state index contributed by atoms with van der Waals surface area (Å²) in [6, 6.07) is -0.356. The number of hydrogen-bond acceptors (Lipinski definition) is 5. The summed E-state index contributed by atoms with van der Waals surface area (Å²) in [5.41, 5.74) is 7.28. The minimum Gasteiger partial charge on any atom is -0.475 e. The Bertz CT molecular complexity index is 741. The summed E-state index contributed by atoms with van der Waals surface area (Å²) in [5.74, 6) is -1.20. The fourth-order valence-electron chi connectivity index (χ4n) is 4.12. The number of halogens is 3. The summed E-state index contributed by atoms with van der Waals surface area (Å²) >= 11 is 0. The maximum atomic E-state index is 12.5. The molecule has 2 atom stereocenters. The molecule has 2 aliphatic rings. The quantitative estimate of drug-likeness (QED) is 0.673. The van der Waals surface area contributed by atoms with Crippen molar-refractivity contribution in [1.82, 2.24) is 19.9 Å². The smallest absolute Gasteiger partial charge is 0.475 e. The van der Waals surface area contributed by atoms with Gasteiger partial charge in [-0.2, -0.15) is 13.2 Å². The predicted octanol–water partition coefficient (Wildman–Crippen LogP) is 3.18. The first-order chi connectivity index (χ1) is 15.0. The van der Waals surface area contributed by atoms with Crippen LogP contribution in [0, 0.1) is 11.8 Å². The fourth-order valence-corrected chi connectivity index (χ4v) is 4.12. The largest absolute Gasteiger partial charge is 0.490 e. The summed E-state index contributed by atoms with van der Waals surface area (Å²) in [5, 5.41) is 15.9. The lowest BCUT2D eigenvalue weighted by molar-refractivity contribution is -0.192. The maximum absolute atomic E-state index is 12.5. The number of hydrogen-bond donors (Lipinski definition) is 2. The van der Waals surface area contributed by atoms with Crippen LogP contribution >= 0.6 is 0 Å². The Hall–Kier alpha value is -2.17. The molecule has 0 spiro atoms. The third-order valence-corrected chi connectivity index (χ3v) is 6.49. The summed E-state index contributed by atoms with van der Waals surface area (Å²) in [4.78, 5) is 23.3. The van der Waals surface area contributed by atoms with Gasteiger partial charge in [0.1, 0.15) is 0 Å². The molecule has 3 N–H and O–H groups in total. The molecule has 1 aliphatic carbocycles. The van der Waals surface area contributed by atoms with Crippen LogP contribution in [-0.4, -0.2) is 62.2 Å². The molecule has 8 nitrogen and oxygen atoms in total. The van der Waals surface area contributed by atoms with E-state index < -0.39 is 12.1 Å². The molecule has 1 aromatic rings. The van der Waals surface area contributed by atoms with Gasteiger partial charge in [-0.1, -0.05) is 38.3 Å². The average molecular weight is 462 g/mol. The number of carboxylic acid groups (broad SMARTS) is 1. The van der Waals surface area contributed by atoms with Gasteiger partial charge in [0.05, 0.1) is 11.7 Å². The Balaban J connectivity index is 0.000000451. The molecule has 11 heteroatoms. The highest BCUT2D eigenvalue weighted by atomic mass is 19.4. The van der Waals surface area contributed by atoms with Crippen molar-refractivity contribution in [3.63, 3.8) is 0 Å². The van der Waals surface area contributed by atoms with E-state index in [4.69, 9.17) is 15.6 Å². The Morgan fingerprint density at radius 2 is 1.78 bits per heavy atom. The molecule has 1 aliphatic heterocycles. The number of likely N-dealkylation sites (tertiary alicyclic amines) is 1. The van der Waals surface area contributed by atoms with Gasteiger partial charge < -0.3 is 15.7 Å². The highest BCUT2D eigenvalue weighted by Crippen LogP contribution is 2.32. The molecule has 0 radical (unpaired) electrons. The van der Waals surface area contributed by atoms with E-state index in [0.717, 1.165) is 38.9 Å². The van der Waals surface area contributed by atoms with Crippen molar-refractivity contribution >= 4 is 11.9 Å². The van der Waals surface area contributed by atoms with E-state index in [-0.39, 0.29) is 17.9 Å². The van der Waals surface area contributed by atoms with E-state index in [1.54, 1.807) is 0 Å². The minimum absolute atomic E-state index is 0.122. The van der Waals surface area contributed by atoms with Gasteiger partial charge in [0.15, 0.2) is 0 Å². The zero-order valence-corrected chi connectivity index (χ0v) is 18.7. The Labute approximate surface area is 186 Å². The van der Waals surface area contributed by atoms with Crippen molar-refractivity contribution in [3.05, 3.63) is 11.9 Å². The van der Waals surface area contributed by atoms with Gasteiger partial charge in [0, 0.05) is 31.7 Å². The summed E-state index contributed by atoms with van der Waals surface area (Å²) < 4.78 is 33.8. The molecule has 3 rings (SSSR count). The lowest BCUT2D eigenvalue weighted by Crippen LogP contribution is -2.49. The lowest BCUT2D eigenvalue weighted by Gasteiger charge is -2.34. The molecule has 1 saturated heterocycles. The molecular weight excluding hydrogens is 427 g/mol. The SMILES string of the molecule is CC[C@H](C)[C@H](N)C(=O)N1CCC(Cn2cc(C3CCCC3)nn2)CC1.O=C(O)C(F)(F)F. The van der Waals surface area contributed by atoms with Crippen LogP contribution in [0.5, 0.6) is 0 Å². The standard InChI is InChI=1S/C19H33N5O.C2HF3O2/c1-3-14(2)18(20)19(25)23-10-8-15(9-11-23)12-24-13-17(21-22-24)16-6-4-5-7-16;3-2(4,5)1(6)7/h13-16,18H,3-12,20H2,1-2H3;(H,6,7)/t14-,18-;/m0./s1. The second-order valence-corrected chi connectivity index (χ2v) is 8.83. The topological polar surface area (TPSA) is 114 Å². The van der Waals surface area contributed by atoms with E-state index in [1.165, 1.54) is 31.4 Å². The Kier molecular flexibility index (Phi) is 9.47. The highest BCUT2D eigenvalue weighted by molar-refractivity contribution is 5.82. The monoisotopic (exact) mass is 461 g/mol. The van der Waals surface area contributed by atoms with Crippen LogP contribution in [-0.2, 0) is 16.1 Å². The van der Waals surface area contributed by atoms with Crippen LogP contribution in [0.1, 0.15) is 70.4 Å². The number of carbonyl (C=O) groups is 2. The number of aromatic nitrogens is 3. The second-order valence-electron chi connectivity index (χ2n) is 8.83. The second kappa shape index (κ2) is 11.6. The first-order valence-electron chi connectivity index (χ1n) is 11.3. The van der Waals surface area contributed by atoms with Crippen molar-refractivity contribution in [2.45, 2.75) is 83.5 Å². The van der Waals surface area contributed by atoms with Gasteiger partial charge >= 0.3 is 12.1 Å². The fraction of sp³-hybridized carbons (Fsp3) is 0.810. The molecule has 0 aromatic carbocycles. The van der Waals surface area contributed by atoms with Crippen LogP contribution in [0.2, 0.25) is 0 Å². The number of nitrogens with zero attached hydrogens (tertiary/aromatic N) is 4. The molecule has 0 unspecified atom stereocenters. The van der Waals surface area contributed by atoms with Gasteiger partial charge in [0.25, 0.3) is 0 Å². The van der Waals surface area contributed by atoms with Gasteiger partial charge in [-0.05, 0) is 37.5 Å². The highest BCUT2D eigenvalue weighted by Gasteiger charge is 2.38. The first kappa shape index (κ1) is 26.1. The van der Waals surface area contributed by atoms with E-state index in [0.29, 0.717) is 11.8 Å². The number of nitrogens with two attached hydrogens (primary N) is 1. The van der Waals surface area contributed by atoms with E-state index in [9.17, 15) is 18.0 Å². The number of piperidine rings is 1. The van der Waals surface area contributed by atoms with Crippen molar-refractivity contribution in [3.8, 4) is 0 Å². The first-order valence-corrected chi connectivity index (χ1v) is 11.3. The number of carboxylic acids is 1. The maximum Gasteiger partial charge on any atom is 0.490 e. The zero-order chi connectivity index (χ0) is 23.9. The van der Waals surface area contributed by atoms with Crippen molar-refractivity contribution in [1.29, 1.82) is 0 Å². The van der Waals surface area contributed by atoms with Crippen LogP contribution < -0.4 is 5.73 Å². The predicted molar refractivity (Wildman–Crippen MR) is 112 cm³/mol. The third kappa shape index (κ3) is 7.46. The molecular formula is C21H34F3N5O3. The molecule has 2 fully saturated rings. The average Bonchev–Trinajstić information content (AvgIpc) is 3.44. The number of rotatable bonds is 6.